The fourth-order valence-corrected chi connectivity index (χ4v) is 3.97. The molecular weight excluding hydrogens is 256 g/mol. The minimum atomic E-state index is -1.83. The van der Waals surface area contributed by atoms with Gasteiger partial charge >= 0.3 is 0 Å². The molecule has 0 aromatic carbocycles. The molecule has 0 aliphatic rings. The summed E-state index contributed by atoms with van der Waals surface area (Å²) in [7, 11) is -1.83. The van der Waals surface area contributed by atoms with E-state index in [1.54, 1.807) is 6.92 Å². The number of hydrogen-bond acceptors (Lipinski definition) is 3. The van der Waals surface area contributed by atoms with Crippen molar-refractivity contribution in [2.24, 2.45) is 5.41 Å². The molecule has 0 aromatic rings. The van der Waals surface area contributed by atoms with Gasteiger partial charge in [-0.2, -0.15) is 0 Å². The van der Waals surface area contributed by atoms with Crippen LogP contribution in [0.15, 0.2) is 0 Å². The zero-order chi connectivity index (χ0) is 15.7. The lowest BCUT2D eigenvalue weighted by atomic mass is 9.68. The van der Waals surface area contributed by atoms with Crippen LogP contribution in [0.1, 0.15) is 41.5 Å². The number of aliphatic hydroxyl groups is 2. The second-order valence-corrected chi connectivity index (χ2v) is 12.1. The molecule has 0 aliphatic heterocycles. The zero-order valence-corrected chi connectivity index (χ0v) is 14.9. The Balaban J connectivity index is 5.70. The van der Waals surface area contributed by atoms with Gasteiger partial charge in [0, 0.05) is 5.41 Å². The Labute approximate surface area is 119 Å². The summed E-state index contributed by atoms with van der Waals surface area (Å²) in [6.45, 7) is 17.4. The van der Waals surface area contributed by atoms with Gasteiger partial charge in [0.2, 0.25) is 0 Å². The molecule has 19 heavy (non-hydrogen) atoms. The van der Waals surface area contributed by atoms with Gasteiger partial charge in [-0.25, -0.2) is 0 Å². The number of rotatable bonds is 3. The molecule has 2 atom stereocenters. The van der Waals surface area contributed by atoms with Crippen molar-refractivity contribution in [3.8, 4) is 11.8 Å². The van der Waals surface area contributed by atoms with Crippen molar-refractivity contribution >= 4 is 8.32 Å². The minimum absolute atomic E-state index is 0.488. The summed E-state index contributed by atoms with van der Waals surface area (Å²) in [5, 5.41) is 20.5. The van der Waals surface area contributed by atoms with Crippen molar-refractivity contribution < 1.29 is 14.6 Å². The first-order chi connectivity index (χ1) is 8.12. The fraction of sp³-hybridized carbons (Fsp3) is 0.867. The molecule has 0 heterocycles. The molecule has 0 aromatic heterocycles. The summed E-state index contributed by atoms with van der Waals surface area (Å²) in [5.41, 5.74) is -2.63. The molecule has 2 unspecified atom stereocenters. The van der Waals surface area contributed by atoms with Crippen molar-refractivity contribution in [2.45, 2.75) is 78.5 Å². The van der Waals surface area contributed by atoms with E-state index in [0.29, 0.717) is 0 Å². The van der Waals surface area contributed by atoms with Crippen LogP contribution in [-0.4, -0.2) is 35.8 Å². The molecule has 2 N–H and O–H groups in total. The molecule has 0 rings (SSSR count). The minimum Gasteiger partial charge on any atom is -0.409 e. The van der Waals surface area contributed by atoms with Gasteiger partial charge < -0.3 is 14.6 Å². The monoisotopic (exact) mass is 286 g/mol. The fourth-order valence-electron chi connectivity index (χ4n) is 2.29. The summed E-state index contributed by atoms with van der Waals surface area (Å²) in [4.78, 5) is 0. The summed E-state index contributed by atoms with van der Waals surface area (Å²) in [5.74, 6) is 5.53. The Morgan fingerprint density at radius 2 is 1.47 bits per heavy atom. The molecule has 0 amide bonds. The number of aliphatic hydroxyl groups excluding tert-OH is 1. The van der Waals surface area contributed by atoms with Crippen LogP contribution in [0.3, 0.4) is 0 Å². The quantitative estimate of drug-likeness (QED) is 0.619. The maximum atomic E-state index is 11.1. The van der Waals surface area contributed by atoms with Crippen LogP contribution < -0.4 is 0 Å². The lowest BCUT2D eigenvalue weighted by Crippen LogP contribution is -2.61. The van der Waals surface area contributed by atoms with Gasteiger partial charge in [-0.15, -0.1) is 0 Å². The van der Waals surface area contributed by atoms with Crippen molar-refractivity contribution in [1.29, 1.82) is 0 Å². The maximum absolute atomic E-state index is 11.1. The van der Waals surface area contributed by atoms with E-state index in [2.05, 4.69) is 31.5 Å². The first kappa shape index (κ1) is 18.7. The van der Waals surface area contributed by atoms with E-state index in [1.165, 1.54) is 0 Å². The highest BCUT2D eigenvalue weighted by molar-refractivity contribution is 6.69. The Bertz CT molecular complexity index is 364. The van der Waals surface area contributed by atoms with E-state index < -0.39 is 31.0 Å². The van der Waals surface area contributed by atoms with E-state index in [4.69, 9.17) is 4.43 Å². The van der Waals surface area contributed by atoms with Crippen LogP contribution in [0.4, 0.5) is 0 Å². The van der Waals surface area contributed by atoms with Crippen LogP contribution in [0.2, 0.25) is 19.6 Å². The lowest BCUT2D eigenvalue weighted by Gasteiger charge is -2.49. The van der Waals surface area contributed by atoms with Crippen LogP contribution in [0, 0.1) is 17.3 Å². The molecule has 0 spiro atoms. The van der Waals surface area contributed by atoms with E-state index in [0.717, 1.165) is 0 Å². The summed E-state index contributed by atoms with van der Waals surface area (Å²) < 4.78 is 6.15. The SMILES string of the molecule is CC(O)C#CC(O)(C(C)(C)C)C(C)(C)O[Si](C)(C)C. The standard InChI is InChI=1S/C15H30O3Si/c1-12(16)10-11-15(17,13(2,3)4)14(5,6)18-19(7,8)9/h12,16-17H,1-9H3. The van der Waals surface area contributed by atoms with E-state index >= 15 is 0 Å². The molecule has 112 valence electrons. The normalized spacial score (nSPS) is 18.3. The largest absolute Gasteiger partial charge is 0.409 e. The molecule has 3 nitrogen and oxygen atoms in total. The van der Waals surface area contributed by atoms with Crippen molar-refractivity contribution in [3.63, 3.8) is 0 Å². The Kier molecular flexibility index (Phi) is 5.47. The summed E-state index contributed by atoms with van der Waals surface area (Å²) in [6.07, 6.45) is -0.767. The smallest absolute Gasteiger partial charge is 0.184 e. The van der Waals surface area contributed by atoms with Gasteiger partial charge in [0.1, 0.15) is 6.10 Å². The molecule has 4 heteroatoms. The first-order valence-corrected chi connectivity index (χ1v) is 10.2. The third-order valence-electron chi connectivity index (χ3n) is 2.98. The highest BCUT2D eigenvalue weighted by Crippen LogP contribution is 2.41. The Hall–Kier alpha value is -0.343. The van der Waals surface area contributed by atoms with Crippen LogP contribution in [0.25, 0.3) is 0 Å². The molecule has 0 aliphatic carbocycles. The Morgan fingerprint density at radius 1 is 1.05 bits per heavy atom. The van der Waals surface area contributed by atoms with Crippen LogP contribution in [0.5, 0.6) is 0 Å². The zero-order valence-electron chi connectivity index (χ0n) is 13.9. The van der Waals surface area contributed by atoms with Gasteiger partial charge in [0.05, 0.1) is 5.60 Å². The third-order valence-corrected chi connectivity index (χ3v) is 4.10. The second kappa shape index (κ2) is 5.57. The predicted molar refractivity (Wildman–Crippen MR) is 82.4 cm³/mol. The second-order valence-electron chi connectivity index (χ2n) is 7.63. The van der Waals surface area contributed by atoms with Gasteiger partial charge in [-0.05, 0) is 40.4 Å². The van der Waals surface area contributed by atoms with Crippen molar-refractivity contribution in [3.05, 3.63) is 0 Å². The highest BCUT2D eigenvalue weighted by atomic mass is 28.4. The highest BCUT2D eigenvalue weighted by Gasteiger charge is 2.53. The topological polar surface area (TPSA) is 49.7 Å². The van der Waals surface area contributed by atoms with Gasteiger partial charge in [-0.1, -0.05) is 32.6 Å². The predicted octanol–water partition coefficient (Wildman–Crippen LogP) is 2.78. The first-order valence-electron chi connectivity index (χ1n) is 6.76. The third kappa shape index (κ3) is 4.92. The van der Waals surface area contributed by atoms with E-state index in [-0.39, 0.29) is 0 Å². The van der Waals surface area contributed by atoms with Crippen LogP contribution in [-0.2, 0) is 4.43 Å². The molecule has 0 fully saturated rings. The molecular formula is C15H30O3Si. The molecule has 0 radical (unpaired) electrons. The molecule has 0 saturated heterocycles. The van der Waals surface area contributed by atoms with Crippen molar-refractivity contribution in [1.82, 2.24) is 0 Å². The number of hydrogen-bond donors (Lipinski definition) is 2. The van der Waals surface area contributed by atoms with E-state index in [1.807, 2.05) is 34.6 Å². The average molecular weight is 286 g/mol. The van der Waals surface area contributed by atoms with Gasteiger partial charge in [0.15, 0.2) is 13.9 Å². The van der Waals surface area contributed by atoms with Gasteiger partial charge in [0.25, 0.3) is 0 Å². The van der Waals surface area contributed by atoms with Gasteiger partial charge in [-0.3, -0.25) is 0 Å². The lowest BCUT2D eigenvalue weighted by molar-refractivity contribution is -0.139. The van der Waals surface area contributed by atoms with Crippen LogP contribution >= 0.6 is 0 Å². The summed E-state index contributed by atoms with van der Waals surface area (Å²) in [6, 6.07) is 0. The van der Waals surface area contributed by atoms with Crippen molar-refractivity contribution in [2.75, 3.05) is 0 Å². The Morgan fingerprint density at radius 3 is 1.74 bits per heavy atom. The van der Waals surface area contributed by atoms with E-state index in [9.17, 15) is 10.2 Å². The molecule has 0 saturated carbocycles. The average Bonchev–Trinajstić information content (AvgIpc) is 2.07. The summed E-state index contributed by atoms with van der Waals surface area (Å²) >= 11 is 0. The molecule has 0 bridgehead atoms. The maximum Gasteiger partial charge on any atom is 0.184 e.